The molecule has 1 saturated heterocycles. The molecule has 0 bridgehead atoms. The minimum atomic E-state index is -0.732. The third-order valence-electron chi connectivity index (χ3n) is 7.89. The van der Waals surface area contributed by atoms with Crippen LogP contribution in [0.1, 0.15) is 55.2 Å². The second kappa shape index (κ2) is 11.4. The average Bonchev–Trinajstić information content (AvgIpc) is 2.97. The van der Waals surface area contributed by atoms with E-state index in [1.54, 1.807) is 35.4 Å². The van der Waals surface area contributed by atoms with Crippen LogP contribution in [0.15, 0.2) is 60.0 Å². The molecule has 1 aliphatic rings. The maximum atomic E-state index is 16.1. The van der Waals surface area contributed by atoms with Gasteiger partial charge in [0, 0.05) is 42.5 Å². The summed E-state index contributed by atoms with van der Waals surface area (Å²) in [4.78, 5) is 56.2. The van der Waals surface area contributed by atoms with Gasteiger partial charge in [0.1, 0.15) is 17.3 Å². The third-order valence-corrected chi connectivity index (χ3v) is 7.89. The first-order chi connectivity index (χ1) is 20.4. The van der Waals surface area contributed by atoms with Crippen molar-refractivity contribution in [2.24, 2.45) is 5.73 Å². The molecule has 4 heterocycles. The van der Waals surface area contributed by atoms with E-state index in [1.807, 2.05) is 39.5 Å². The molecule has 0 saturated carbocycles. The number of carbonyl (C=O) groups excluding carboxylic acids is 2. The number of fused-ring (bicyclic) bond motifs is 1. The predicted molar refractivity (Wildman–Crippen MR) is 164 cm³/mol. The van der Waals surface area contributed by atoms with E-state index in [9.17, 15) is 14.4 Å². The number of rotatable bonds is 6. The van der Waals surface area contributed by atoms with E-state index in [0.29, 0.717) is 29.9 Å². The summed E-state index contributed by atoms with van der Waals surface area (Å²) < 4.78 is 17.5. The maximum Gasteiger partial charge on any atom is 0.355 e. The van der Waals surface area contributed by atoms with Crippen molar-refractivity contribution in [1.82, 2.24) is 24.4 Å². The number of nitrogens with two attached hydrogens (primary N) is 1. The number of nitrogens with zero attached hydrogens (tertiary/aromatic N) is 6. The minimum absolute atomic E-state index is 0.0524. The van der Waals surface area contributed by atoms with Crippen LogP contribution in [0.3, 0.4) is 0 Å². The van der Waals surface area contributed by atoms with E-state index < -0.39 is 17.4 Å². The molecule has 1 aromatic carbocycles. The van der Waals surface area contributed by atoms with Gasteiger partial charge in [0.2, 0.25) is 11.8 Å². The van der Waals surface area contributed by atoms with Crippen LogP contribution in [-0.2, 0) is 4.79 Å². The number of halogens is 1. The van der Waals surface area contributed by atoms with Gasteiger partial charge in [-0.3, -0.25) is 14.6 Å². The fourth-order valence-electron chi connectivity index (χ4n) is 5.75. The van der Waals surface area contributed by atoms with Crippen LogP contribution < -0.4 is 16.3 Å². The molecule has 11 heteroatoms. The highest BCUT2D eigenvalue weighted by Crippen LogP contribution is 2.34. The number of anilines is 1. The van der Waals surface area contributed by atoms with Crippen molar-refractivity contribution in [3.05, 3.63) is 88.4 Å². The molecule has 0 radical (unpaired) electrons. The molecule has 2 amide bonds. The van der Waals surface area contributed by atoms with Crippen molar-refractivity contribution in [2.45, 2.75) is 52.6 Å². The normalized spacial score (nSPS) is 17.0. The first-order valence-corrected chi connectivity index (χ1v) is 14.1. The Kier molecular flexibility index (Phi) is 7.83. The molecule has 2 N–H and O–H groups in total. The Morgan fingerprint density at radius 1 is 1.12 bits per heavy atom. The number of aromatic nitrogens is 4. The van der Waals surface area contributed by atoms with Crippen LogP contribution in [0.2, 0.25) is 0 Å². The third kappa shape index (κ3) is 5.15. The number of hydrogen-bond donors (Lipinski definition) is 1. The van der Waals surface area contributed by atoms with Gasteiger partial charge in [-0.25, -0.2) is 18.7 Å². The second-order valence-electron chi connectivity index (χ2n) is 11.2. The van der Waals surface area contributed by atoms with Crippen molar-refractivity contribution in [3.8, 4) is 16.9 Å². The number of benzene rings is 1. The Balaban J connectivity index is 1.85. The minimum Gasteiger partial charge on any atom is -0.366 e. The topological polar surface area (TPSA) is 127 Å². The zero-order valence-corrected chi connectivity index (χ0v) is 24.8. The molecular weight excluding hydrogens is 549 g/mol. The van der Waals surface area contributed by atoms with Gasteiger partial charge in [0.15, 0.2) is 5.65 Å². The smallest absolute Gasteiger partial charge is 0.355 e. The Morgan fingerprint density at radius 2 is 1.84 bits per heavy atom. The SMILES string of the molecule is C=CC(=O)N1CC(C)N(c2nc(=O)n(-c3c(C)ccnc3C(C)C)c3nc(-c4ccccc4C(N)=O)c(F)cc23)CC1C. The lowest BCUT2D eigenvalue weighted by molar-refractivity contribution is -0.128. The largest absolute Gasteiger partial charge is 0.366 e. The first-order valence-electron chi connectivity index (χ1n) is 14.1. The van der Waals surface area contributed by atoms with Crippen LogP contribution >= 0.6 is 0 Å². The molecular formula is C32H34FN7O3. The van der Waals surface area contributed by atoms with Gasteiger partial charge in [-0.15, -0.1) is 0 Å². The summed E-state index contributed by atoms with van der Waals surface area (Å²) in [5, 5.41) is 0.304. The van der Waals surface area contributed by atoms with Crippen LogP contribution in [0.5, 0.6) is 0 Å². The fraction of sp³-hybridized carbons (Fsp3) is 0.312. The molecule has 2 atom stereocenters. The quantitative estimate of drug-likeness (QED) is 0.338. The summed E-state index contributed by atoms with van der Waals surface area (Å²) in [5.74, 6) is -1.42. The molecule has 222 valence electrons. The molecule has 0 spiro atoms. The van der Waals surface area contributed by atoms with E-state index in [4.69, 9.17) is 10.7 Å². The molecule has 0 aliphatic carbocycles. The summed E-state index contributed by atoms with van der Waals surface area (Å²) in [6, 6.07) is 8.97. The number of piperazine rings is 1. The Bertz CT molecular complexity index is 1830. The number of primary amides is 1. The van der Waals surface area contributed by atoms with Gasteiger partial charge >= 0.3 is 5.69 Å². The monoisotopic (exact) mass is 583 g/mol. The molecule has 5 rings (SSSR count). The lowest BCUT2D eigenvalue weighted by Crippen LogP contribution is -2.58. The van der Waals surface area contributed by atoms with Gasteiger partial charge in [-0.05, 0) is 56.5 Å². The second-order valence-corrected chi connectivity index (χ2v) is 11.2. The van der Waals surface area contributed by atoms with Gasteiger partial charge in [-0.2, -0.15) is 4.98 Å². The van der Waals surface area contributed by atoms with Gasteiger partial charge in [-0.1, -0.05) is 38.6 Å². The molecule has 2 unspecified atom stereocenters. The molecule has 43 heavy (non-hydrogen) atoms. The van der Waals surface area contributed by atoms with E-state index in [-0.39, 0.29) is 52.2 Å². The van der Waals surface area contributed by atoms with Crippen LogP contribution in [0, 0.1) is 12.7 Å². The van der Waals surface area contributed by atoms with E-state index in [1.165, 1.54) is 22.8 Å². The van der Waals surface area contributed by atoms with Crippen LogP contribution in [0.25, 0.3) is 28.0 Å². The molecule has 1 aliphatic heterocycles. The highest BCUT2D eigenvalue weighted by molar-refractivity contribution is 6.00. The van der Waals surface area contributed by atoms with Crippen molar-refractivity contribution in [2.75, 3.05) is 18.0 Å². The van der Waals surface area contributed by atoms with E-state index in [0.717, 1.165) is 5.56 Å². The van der Waals surface area contributed by atoms with Gasteiger partial charge in [0.05, 0.1) is 16.8 Å². The summed E-state index contributed by atoms with van der Waals surface area (Å²) in [5.41, 5.74) is 7.29. The zero-order chi connectivity index (χ0) is 31.2. The van der Waals surface area contributed by atoms with Crippen molar-refractivity contribution < 1.29 is 14.0 Å². The number of carbonyl (C=O) groups is 2. The number of pyridine rings is 2. The first kappa shape index (κ1) is 29.6. The van der Waals surface area contributed by atoms with Crippen molar-refractivity contribution in [1.29, 1.82) is 0 Å². The lowest BCUT2D eigenvalue weighted by atomic mass is 10.0. The highest BCUT2D eigenvalue weighted by atomic mass is 19.1. The predicted octanol–water partition coefficient (Wildman–Crippen LogP) is 4.12. The van der Waals surface area contributed by atoms with E-state index in [2.05, 4.69) is 16.5 Å². The number of amides is 2. The Hall–Kier alpha value is -4.93. The standard InChI is InChI=1S/C32H34FN7O3/c1-7-25(41)38-15-20(6)39(16-19(38)5)30-23-14-24(33)27(21-10-8-9-11-22(21)29(34)42)36-31(23)40(32(43)37-30)28-18(4)12-13-35-26(28)17(2)3/h7-14,17,19-20H,1,15-16H2,2-6H3,(H2,34,42). The van der Waals surface area contributed by atoms with Gasteiger partial charge in [0.25, 0.3) is 0 Å². The average molecular weight is 584 g/mol. The number of aryl methyl sites for hydroxylation is 1. The Labute approximate surface area is 248 Å². The van der Waals surface area contributed by atoms with Crippen LogP contribution in [0.4, 0.5) is 10.2 Å². The van der Waals surface area contributed by atoms with Gasteiger partial charge < -0.3 is 15.5 Å². The molecule has 4 aromatic rings. The van der Waals surface area contributed by atoms with E-state index >= 15 is 4.39 Å². The lowest BCUT2D eigenvalue weighted by Gasteiger charge is -2.44. The molecule has 10 nitrogen and oxygen atoms in total. The fourth-order valence-corrected chi connectivity index (χ4v) is 5.75. The zero-order valence-electron chi connectivity index (χ0n) is 24.8. The number of hydrogen-bond acceptors (Lipinski definition) is 7. The molecule has 3 aromatic heterocycles. The van der Waals surface area contributed by atoms with Crippen molar-refractivity contribution >= 4 is 28.7 Å². The summed E-state index contributed by atoms with van der Waals surface area (Å²) in [6.07, 6.45) is 2.96. The van der Waals surface area contributed by atoms with Crippen LogP contribution in [-0.4, -0.2) is 61.4 Å². The summed E-state index contributed by atoms with van der Waals surface area (Å²) in [6.45, 7) is 13.9. The maximum absolute atomic E-state index is 16.1. The highest BCUT2D eigenvalue weighted by Gasteiger charge is 2.34. The van der Waals surface area contributed by atoms with Crippen molar-refractivity contribution in [3.63, 3.8) is 0 Å². The summed E-state index contributed by atoms with van der Waals surface area (Å²) >= 11 is 0. The summed E-state index contributed by atoms with van der Waals surface area (Å²) in [7, 11) is 0. The Morgan fingerprint density at radius 3 is 2.51 bits per heavy atom. The molecule has 1 fully saturated rings.